The largest absolute Gasteiger partial charge is 0.380 e. The topological polar surface area (TPSA) is 82.5 Å². The summed E-state index contributed by atoms with van der Waals surface area (Å²) in [5, 5.41) is 7.01. The molecule has 1 heterocycles. The summed E-state index contributed by atoms with van der Waals surface area (Å²) in [6.07, 6.45) is -2.72. The lowest BCUT2D eigenvalue weighted by Crippen LogP contribution is -2.18. The van der Waals surface area contributed by atoms with Crippen LogP contribution in [0.2, 0.25) is 0 Å². The molecular weight excluding hydrogens is 313 g/mol. The second kappa shape index (κ2) is 6.95. The molecule has 2 aromatic rings. The van der Waals surface area contributed by atoms with Crippen molar-refractivity contribution in [2.45, 2.75) is 19.9 Å². The standard InChI is InChI=1S/C14H13F3N4O2/c1-8-6-11(13(16)17)19-21(8)7-12(22)23-20-14(18)9-2-4-10(15)5-3-9/h2-6,13H,7H2,1H3,(H2,18,20). The van der Waals surface area contributed by atoms with E-state index in [1.165, 1.54) is 37.3 Å². The van der Waals surface area contributed by atoms with E-state index >= 15 is 0 Å². The number of hydrogen-bond donors (Lipinski definition) is 1. The second-order valence-electron chi connectivity index (χ2n) is 4.62. The maximum absolute atomic E-state index is 12.8. The molecule has 0 bridgehead atoms. The molecule has 122 valence electrons. The van der Waals surface area contributed by atoms with Gasteiger partial charge in [-0.15, -0.1) is 0 Å². The maximum Gasteiger partial charge on any atom is 0.356 e. The molecule has 23 heavy (non-hydrogen) atoms. The molecule has 0 fully saturated rings. The molecule has 0 amide bonds. The molecule has 0 spiro atoms. The van der Waals surface area contributed by atoms with E-state index in [4.69, 9.17) is 5.73 Å². The van der Waals surface area contributed by atoms with Crippen LogP contribution >= 0.6 is 0 Å². The molecule has 0 aliphatic heterocycles. The summed E-state index contributed by atoms with van der Waals surface area (Å²) < 4.78 is 38.9. The summed E-state index contributed by atoms with van der Waals surface area (Å²) in [5.74, 6) is -1.39. The Bertz CT molecular complexity index is 726. The summed E-state index contributed by atoms with van der Waals surface area (Å²) in [4.78, 5) is 16.2. The number of hydrogen-bond acceptors (Lipinski definition) is 4. The predicted octanol–water partition coefficient (Wildman–Crippen LogP) is 2.13. The molecule has 9 heteroatoms. The lowest BCUT2D eigenvalue weighted by Gasteiger charge is -2.03. The first kappa shape index (κ1) is 16.5. The third-order valence-electron chi connectivity index (χ3n) is 2.89. The molecular formula is C14H13F3N4O2. The number of carbonyl (C=O) groups excluding carboxylic acids is 1. The monoisotopic (exact) mass is 326 g/mol. The van der Waals surface area contributed by atoms with E-state index in [9.17, 15) is 18.0 Å². The number of halogens is 3. The average molecular weight is 326 g/mol. The Hall–Kier alpha value is -2.84. The van der Waals surface area contributed by atoms with E-state index in [1.54, 1.807) is 0 Å². The molecule has 2 N–H and O–H groups in total. The first-order valence-electron chi connectivity index (χ1n) is 6.48. The van der Waals surface area contributed by atoms with Crippen molar-refractivity contribution < 1.29 is 22.8 Å². The van der Waals surface area contributed by atoms with Crippen LogP contribution in [-0.2, 0) is 16.2 Å². The molecule has 0 saturated carbocycles. The Morgan fingerprint density at radius 2 is 2.04 bits per heavy atom. The van der Waals surface area contributed by atoms with Gasteiger partial charge in [0.25, 0.3) is 6.43 Å². The van der Waals surface area contributed by atoms with Crippen LogP contribution in [0, 0.1) is 12.7 Å². The first-order chi connectivity index (χ1) is 10.9. The number of alkyl halides is 2. The highest BCUT2D eigenvalue weighted by Gasteiger charge is 2.15. The van der Waals surface area contributed by atoms with Gasteiger partial charge in [-0.2, -0.15) is 5.10 Å². The van der Waals surface area contributed by atoms with E-state index < -0.39 is 30.5 Å². The number of amidine groups is 1. The molecule has 0 unspecified atom stereocenters. The fraction of sp³-hybridized carbons (Fsp3) is 0.214. The third-order valence-corrected chi connectivity index (χ3v) is 2.89. The quantitative estimate of drug-likeness (QED) is 0.395. The summed E-state index contributed by atoms with van der Waals surface area (Å²) in [6, 6.07) is 6.27. The van der Waals surface area contributed by atoms with Crippen LogP contribution in [0.15, 0.2) is 35.5 Å². The van der Waals surface area contributed by atoms with Gasteiger partial charge in [-0.1, -0.05) is 5.16 Å². The van der Waals surface area contributed by atoms with Crippen molar-refractivity contribution in [2.75, 3.05) is 0 Å². The number of nitrogens with zero attached hydrogens (tertiary/aromatic N) is 3. The molecule has 0 aliphatic carbocycles. The fourth-order valence-corrected chi connectivity index (χ4v) is 1.73. The van der Waals surface area contributed by atoms with E-state index in [0.717, 1.165) is 4.68 Å². The molecule has 0 atom stereocenters. The molecule has 1 aromatic carbocycles. The number of aromatic nitrogens is 2. The zero-order valence-electron chi connectivity index (χ0n) is 12.0. The number of carbonyl (C=O) groups is 1. The number of rotatable bonds is 5. The van der Waals surface area contributed by atoms with Crippen molar-refractivity contribution in [3.05, 3.63) is 53.1 Å². The van der Waals surface area contributed by atoms with Crippen molar-refractivity contribution in [3.8, 4) is 0 Å². The molecule has 0 aliphatic rings. The van der Waals surface area contributed by atoms with Gasteiger partial charge in [0.2, 0.25) is 0 Å². The summed E-state index contributed by atoms with van der Waals surface area (Å²) >= 11 is 0. The maximum atomic E-state index is 12.8. The number of oxime groups is 1. The van der Waals surface area contributed by atoms with Gasteiger partial charge in [-0.25, -0.2) is 18.0 Å². The van der Waals surface area contributed by atoms with Crippen LogP contribution in [0.1, 0.15) is 23.4 Å². The Morgan fingerprint density at radius 1 is 1.39 bits per heavy atom. The van der Waals surface area contributed by atoms with Crippen LogP contribution < -0.4 is 5.73 Å². The van der Waals surface area contributed by atoms with E-state index in [-0.39, 0.29) is 5.84 Å². The highest BCUT2D eigenvalue weighted by molar-refractivity contribution is 5.97. The van der Waals surface area contributed by atoms with Gasteiger partial charge in [-0.05, 0) is 37.3 Å². The zero-order chi connectivity index (χ0) is 17.0. The number of benzene rings is 1. The van der Waals surface area contributed by atoms with Crippen LogP contribution in [0.25, 0.3) is 0 Å². The summed E-state index contributed by atoms with van der Waals surface area (Å²) in [7, 11) is 0. The first-order valence-corrected chi connectivity index (χ1v) is 6.48. The average Bonchev–Trinajstić information content (AvgIpc) is 2.87. The second-order valence-corrected chi connectivity index (χ2v) is 4.62. The smallest absolute Gasteiger partial charge is 0.356 e. The van der Waals surface area contributed by atoms with Crippen molar-refractivity contribution in [2.24, 2.45) is 10.9 Å². The normalized spacial score (nSPS) is 11.8. The van der Waals surface area contributed by atoms with Crippen LogP contribution in [-0.4, -0.2) is 21.6 Å². The Kier molecular flexibility index (Phi) is 4.99. The SMILES string of the molecule is Cc1cc(C(F)F)nn1CC(=O)O/N=C(\N)c1ccc(F)cc1. The van der Waals surface area contributed by atoms with Crippen molar-refractivity contribution >= 4 is 11.8 Å². The van der Waals surface area contributed by atoms with Gasteiger partial charge in [-0.3, -0.25) is 4.68 Å². The molecule has 1 aromatic heterocycles. The lowest BCUT2D eigenvalue weighted by atomic mass is 10.2. The Balaban J connectivity index is 1.99. The van der Waals surface area contributed by atoms with E-state index in [0.29, 0.717) is 11.3 Å². The molecule has 0 saturated heterocycles. The highest BCUT2D eigenvalue weighted by Crippen LogP contribution is 2.17. The van der Waals surface area contributed by atoms with Gasteiger partial charge in [0, 0.05) is 11.3 Å². The van der Waals surface area contributed by atoms with Gasteiger partial charge >= 0.3 is 5.97 Å². The van der Waals surface area contributed by atoms with Crippen molar-refractivity contribution in [1.29, 1.82) is 0 Å². The van der Waals surface area contributed by atoms with Crippen LogP contribution in [0.4, 0.5) is 13.2 Å². The van der Waals surface area contributed by atoms with E-state index in [2.05, 4.69) is 15.1 Å². The molecule has 2 rings (SSSR count). The van der Waals surface area contributed by atoms with Crippen molar-refractivity contribution in [3.63, 3.8) is 0 Å². The minimum Gasteiger partial charge on any atom is -0.380 e. The van der Waals surface area contributed by atoms with Gasteiger partial charge in [0.15, 0.2) is 5.84 Å². The predicted molar refractivity (Wildman–Crippen MR) is 75.1 cm³/mol. The van der Waals surface area contributed by atoms with Gasteiger partial charge < -0.3 is 10.6 Å². The molecule has 6 nitrogen and oxygen atoms in total. The van der Waals surface area contributed by atoms with Crippen LogP contribution in [0.3, 0.4) is 0 Å². The molecule has 0 radical (unpaired) electrons. The van der Waals surface area contributed by atoms with Gasteiger partial charge in [0.1, 0.15) is 18.1 Å². The minimum absolute atomic E-state index is 0.121. The summed E-state index contributed by atoms with van der Waals surface area (Å²) in [6.45, 7) is 1.14. The van der Waals surface area contributed by atoms with Gasteiger partial charge in [0.05, 0.1) is 0 Å². The van der Waals surface area contributed by atoms with Crippen molar-refractivity contribution in [1.82, 2.24) is 9.78 Å². The highest BCUT2D eigenvalue weighted by atomic mass is 19.3. The Morgan fingerprint density at radius 3 is 2.61 bits per heavy atom. The lowest BCUT2D eigenvalue weighted by molar-refractivity contribution is -0.144. The van der Waals surface area contributed by atoms with Crippen LogP contribution in [0.5, 0.6) is 0 Å². The fourth-order valence-electron chi connectivity index (χ4n) is 1.73. The Labute approximate surface area is 129 Å². The van der Waals surface area contributed by atoms with E-state index in [1.807, 2.05) is 0 Å². The summed E-state index contributed by atoms with van der Waals surface area (Å²) in [5.41, 5.74) is 5.91. The zero-order valence-corrected chi connectivity index (χ0v) is 12.0. The number of aryl methyl sites for hydroxylation is 1. The number of nitrogens with two attached hydrogens (primary N) is 1. The third kappa shape index (κ3) is 4.31. The minimum atomic E-state index is -2.72.